The number of halogens is 3. The maximum Gasteiger partial charge on any atom is 0.410 e. The van der Waals surface area contributed by atoms with Crippen LogP contribution in [-0.2, 0) is 4.79 Å². The van der Waals surface area contributed by atoms with E-state index in [4.69, 9.17) is 0 Å². The van der Waals surface area contributed by atoms with Gasteiger partial charge in [0.05, 0.1) is 11.7 Å². The average Bonchev–Trinajstić information content (AvgIpc) is 3.37. The third kappa shape index (κ3) is 3.62. The second kappa shape index (κ2) is 6.66. The molecule has 1 aliphatic carbocycles. The second-order valence-corrected chi connectivity index (χ2v) is 9.57. The molecule has 5 nitrogen and oxygen atoms in total. The third-order valence-electron chi connectivity index (χ3n) is 6.31. The summed E-state index contributed by atoms with van der Waals surface area (Å²) in [6.45, 7) is 6.51. The van der Waals surface area contributed by atoms with Gasteiger partial charge in [-0.3, -0.25) is 4.79 Å². The molecule has 1 aromatic heterocycles. The number of hydrogen-bond donors (Lipinski definition) is 1. The van der Waals surface area contributed by atoms with Crippen LogP contribution in [0.4, 0.5) is 19.0 Å². The minimum Gasteiger partial charge on any atom is -0.367 e. The number of nitrogens with one attached hydrogen (secondary N) is 1. The maximum atomic E-state index is 13.8. The number of hydrogen-bond acceptors (Lipinski definition) is 3. The molecule has 3 aliphatic rings. The van der Waals surface area contributed by atoms with Crippen molar-refractivity contribution in [3.05, 3.63) is 11.8 Å². The van der Waals surface area contributed by atoms with Gasteiger partial charge >= 0.3 is 6.18 Å². The Labute approximate surface area is 163 Å². The highest BCUT2D eigenvalue weighted by molar-refractivity contribution is 5.81. The quantitative estimate of drug-likeness (QED) is 0.787. The second-order valence-electron chi connectivity index (χ2n) is 9.57. The molecule has 1 amide bonds. The number of carbonyl (C=O) groups excluding carboxylic acids is 1. The van der Waals surface area contributed by atoms with Crippen LogP contribution in [0.1, 0.15) is 77.1 Å². The van der Waals surface area contributed by atoms with E-state index < -0.39 is 12.2 Å². The van der Waals surface area contributed by atoms with E-state index in [-0.39, 0.29) is 35.7 Å². The molecule has 1 saturated carbocycles. The summed E-state index contributed by atoms with van der Waals surface area (Å²) in [7, 11) is 0. The summed E-state index contributed by atoms with van der Waals surface area (Å²) in [5, 5.41) is 7.67. The van der Waals surface area contributed by atoms with Crippen LogP contribution in [0.2, 0.25) is 0 Å². The van der Waals surface area contributed by atoms with Gasteiger partial charge in [0.25, 0.3) is 0 Å². The first-order chi connectivity index (χ1) is 13.1. The lowest BCUT2D eigenvalue weighted by atomic mass is 9.82. The van der Waals surface area contributed by atoms with Crippen LogP contribution in [0.3, 0.4) is 0 Å². The number of aromatic nitrogens is 2. The van der Waals surface area contributed by atoms with Gasteiger partial charge < -0.3 is 10.2 Å². The van der Waals surface area contributed by atoms with E-state index in [1.165, 1.54) is 0 Å². The highest BCUT2D eigenvalue weighted by atomic mass is 19.4. The summed E-state index contributed by atoms with van der Waals surface area (Å²) >= 11 is 0. The Morgan fingerprint density at radius 1 is 1.18 bits per heavy atom. The molecule has 4 rings (SSSR count). The van der Waals surface area contributed by atoms with Crippen LogP contribution in [0.25, 0.3) is 0 Å². The largest absolute Gasteiger partial charge is 0.410 e. The molecule has 0 unspecified atom stereocenters. The molecule has 8 heteroatoms. The van der Waals surface area contributed by atoms with E-state index in [9.17, 15) is 18.0 Å². The van der Waals surface area contributed by atoms with Crippen molar-refractivity contribution in [3.8, 4) is 0 Å². The van der Waals surface area contributed by atoms with Crippen molar-refractivity contribution in [3.63, 3.8) is 0 Å². The predicted molar refractivity (Wildman–Crippen MR) is 99.8 cm³/mol. The maximum absolute atomic E-state index is 13.8. The molecule has 0 spiro atoms. The van der Waals surface area contributed by atoms with Crippen LogP contribution in [-0.4, -0.2) is 39.4 Å². The molecule has 2 aliphatic heterocycles. The SMILES string of the molecule is CC(C)(C)[C@@H]1C[C@H](C(F)(F)F)n2nc([C@H]3CCCCN3C(=O)C3CC3)cc2N1. The van der Waals surface area contributed by atoms with Crippen LogP contribution in [0.5, 0.6) is 0 Å². The van der Waals surface area contributed by atoms with E-state index in [0.29, 0.717) is 18.1 Å². The molecular formula is C20H29F3N4O. The number of alkyl halides is 3. The molecule has 1 N–H and O–H groups in total. The first-order valence-corrected chi connectivity index (χ1v) is 10.3. The van der Waals surface area contributed by atoms with E-state index in [1.807, 2.05) is 25.7 Å². The Balaban J connectivity index is 1.67. The van der Waals surface area contributed by atoms with Gasteiger partial charge in [0.1, 0.15) is 5.82 Å². The fourth-order valence-corrected chi connectivity index (χ4v) is 4.39. The van der Waals surface area contributed by atoms with Crippen molar-refractivity contribution in [1.29, 1.82) is 0 Å². The minimum absolute atomic E-state index is 0.0451. The van der Waals surface area contributed by atoms with Gasteiger partial charge in [0.2, 0.25) is 5.91 Å². The number of likely N-dealkylation sites (tertiary alicyclic amines) is 1. The molecule has 156 valence electrons. The molecule has 1 saturated heterocycles. The zero-order chi connectivity index (χ0) is 20.3. The summed E-state index contributed by atoms with van der Waals surface area (Å²) in [5.74, 6) is 0.653. The summed E-state index contributed by atoms with van der Waals surface area (Å²) in [5.41, 5.74) is 0.276. The van der Waals surface area contributed by atoms with Crippen LogP contribution < -0.4 is 5.32 Å². The Morgan fingerprint density at radius 3 is 2.50 bits per heavy atom. The van der Waals surface area contributed by atoms with Crippen LogP contribution >= 0.6 is 0 Å². The van der Waals surface area contributed by atoms with Crippen molar-refractivity contribution in [2.75, 3.05) is 11.9 Å². The van der Waals surface area contributed by atoms with Gasteiger partial charge in [0, 0.05) is 24.6 Å². The first kappa shape index (κ1) is 19.6. The predicted octanol–water partition coefficient (Wildman–Crippen LogP) is 4.68. The Hall–Kier alpha value is -1.73. The van der Waals surface area contributed by atoms with Gasteiger partial charge in [0.15, 0.2) is 6.04 Å². The first-order valence-electron chi connectivity index (χ1n) is 10.3. The summed E-state index contributed by atoms with van der Waals surface area (Å²) in [6, 6.07) is -0.423. The molecule has 2 fully saturated rings. The Morgan fingerprint density at radius 2 is 1.89 bits per heavy atom. The summed E-state index contributed by atoms with van der Waals surface area (Å²) in [6.07, 6.45) is 0.101. The fraction of sp³-hybridized carbons (Fsp3) is 0.800. The van der Waals surface area contributed by atoms with E-state index in [1.54, 1.807) is 6.07 Å². The number of amides is 1. The third-order valence-corrected chi connectivity index (χ3v) is 6.31. The number of piperidine rings is 1. The molecule has 0 aromatic carbocycles. The van der Waals surface area contributed by atoms with Crippen molar-refractivity contribution in [1.82, 2.24) is 14.7 Å². The standard InChI is InChI=1S/C20H29F3N4O/c1-19(2,3)15-11-16(20(21,22)23)27-17(24-15)10-13(25-27)14-6-4-5-9-26(14)18(28)12-7-8-12/h10,12,14-16,24H,4-9,11H2,1-3H3/t14-,15+,16-/m1/s1. The zero-order valence-corrected chi connectivity index (χ0v) is 16.7. The lowest BCUT2D eigenvalue weighted by Gasteiger charge is -2.39. The molecule has 1 aromatic rings. The molecule has 28 heavy (non-hydrogen) atoms. The lowest BCUT2D eigenvalue weighted by molar-refractivity contribution is -0.175. The number of rotatable bonds is 2. The monoisotopic (exact) mass is 398 g/mol. The summed E-state index contributed by atoms with van der Waals surface area (Å²) < 4.78 is 42.5. The van der Waals surface area contributed by atoms with E-state index in [0.717, 1.165) is 36.8 Å². The highest BCUT2D eigenvalue weighted by Gasteiger charge is 2.49. The minimum atomic E-state index is -4.36. The number of fused-ring (bicyclic) bond motifs is 1. The van der Waals surface area contributed by atoms with Crippen molar-refractivity contribution < 1.29 is 18.0 Å². The van der Waals surface area contributed by atoms with Gasteiger partial charge in [-0.2, -0.15) is 18.3 Å². The van der Waals surface area contributed by atoms with Crippen LogP contribution in [0, 0.1) is 11.3 Å². The number of nitrogens with zero attached hydrogens (tertiary/aromatic N) is 3. The Bertz CT molecular complexity index is 748. The fourth-order valence-electron chi connectivity index (χ4n) is 4.39. The average molecular weight is 398 g/mol. The molecule has 0 bridgehead atoms. The van der Waals surface area contributed by atoms with Gasteiger partial charge in [-0.1, -0.05) is 20.8 Å². The number of anilines is 1. The van der Waals surface area contributed by atoms with Gasteiger partial charge in [-0.15, -0.1) is 0 Å². The lowest BCUT2D eigenvalue weighted by Crippen LogP contribution is -2.44. The molecule has 3 atom stereocenters. The van der Waals surface area contributed by atoms with Gasteiger partial charge in [-0.05, 0) is 43.9 Å². The smallest absolute Gasteiger partial charge is 0.367 e. The Kier molecular flexibility index (Phi) is 4.66. The molecule has 3 heterocycles. The van der Waals surface area contributed by atoms with E-state index >= 15 is 0 Å². The topological polar surface area (TPSA) is 50.2 Å². The number of carbonyl (C=O) groups is 1. The van der Waals surface area contributed by atoms with Crippen LogP contribution in [0.15, 0.2) is 6.07 Å². The van der Waals surface area contributed by atoms with E-state index in [2.05, 4.69) is 10.4 Å². The van der Waals surface area contributed by atoms with Gasteiger partial charge in [-0.25, -0.2) is 4.68 Å². The van der Waals surface area contributed by atoms with Crippen molar-refractivity contribution in [2.24, 2.45) is 11.3 Å². The van der Waals surface area contributed by atoms with Crippen molar-refractivity contribution in [2.45, 2.75) is 83.6 Å². The molecule has 0 radical (unpaired) electrons. The van der Waals surface area contributed by atoms with Crippen molar-refractivity contribution >= 4 is 11.7 Å². The zero-order valence-electron chi connectivity index (χ0n) is 16.7. The normalized spacial score (nSPS) is 28.6. The highest BCUT2D eigenvalue weighted by Crippen LogP contribution is 2.45. The molecular weight excluding hydrogens is 369 g/mol. The summed E-state index contributed by atoms with van der Waals surface area (Å²) in [4.78, 5) is 14.6.